The van der Waals surface area contributed by atoms with E-state index in [0.717, 1.165) is 24.8 Å². The van der Waals surface area contributed by atoms with Gasteiger partial charge in [-0.25, -0.2) is 9.48 Å². The summed E-state index contributed by atoms with van der Waals surface area (Å²) >= 11 is 5.98. The van der Waals surface area contributed by atoms with Crippen LogP contribution in [0.2, 0.25) is 5.02 Å². The van der Waals surface area contributed by atoms with Crippen LogP contribution in [0.3, 0.4) is 0 Å². The number of carboxylic acids is 1. The molecule has 1 aromatic carbocycles. The van der Waals surface area contributed by atoms with Gasteiger partial charge in [-0.1, -0.05) is 48.7 Å². The van der Waals surface area contributed by atoms with Crippen LogP contribution in [0.15, 0.2) is 24.3 Å². The van der Waals surface area contributed by atoms with Gasteiger partial charge in [0.15, 0.2) is 5.69 Å². The lowest BCUT2D eigenvalue weighted by atomic mass is 10.1. The molecule has 20 heavy (non-hydrogen) atoms. The topological polar surface area (TPSA) is 68.0 Å². The Labute approximate surface area is 122 Å². The molecule has 1 heterocycles. The van der Waals surface area contributed by atoms with E-state index < -0.39 is 5.97 Å². The van der Waals surface area contributed by atoms with Crippen molar-refractivity contribution in [3.05, 3.63) is 35.0 Å². The molecule has 2 rings (SSSR count). The highest BCUT2D eigenvalue weighted by Crippen LogP contribution is 2.25. The van der Waals surface area contributed by atoms with Gasteiger partial charge in [-0.2, -0.15) is 0 Å². The summed E-state index contributed by atoms with van der Waals surface area (Å²) < 4.78 is 1.64. The van der Waals surface area contributed by atoms with Gasteiger partial charge >= 0.3 is 5.97 Å². The van der Waals surface area contributed by atoms with Crippen molar-refractivity contribution < 1.29 is 9.90 Å². The van der Waals surface area contributed by atoms with Gasteiger partial charge in [0.05, 0.1) is 0 Å². The summed E-state index contributed by atoms with van der Waals surface area (Å²) in [6.45, 7) is 2.76. The Morgan fingerprint density at radius 3 is 2.85 bits per heavy atom. The highest BCUT2D eigenvalue weighted by Gasteiger charge is 2.20. The molecule has 0 radical (unpaired) electrons. The molecule has 0 saturated heterocycles. The number of carboxylic acid groups (broad SMARTS) is 1. The standard InChI is InChI=1S/C14H16ClN3O2/c1-2-3-4-8-18-13(12(14(19)20)16-17-18)10-6-5-7-11(15)9-10/h5-7,9H,2-4,8H2,1H3,(H,19,20). The molecule has 106 valence electrons. The van der Waals surface area contributed by atoms with Gasteiger partial charge in [0.25, 0.3) is 0 Å². The third-order valence-corrected chi connectivity index (χ3v) is 3.24. The number of carbonyl (C=O) groups is 1. The van der Waals surface area contributed by atoms with E-state index in [-0.39, 0.29) is 5.69 Å². The maximum absolute atomic E-state index is 11.3. The van der Waals surface area contributed by atoms with Crippen LogP contribution < -0.4 is 0 Å². The van der Waals surface area contributed by atoms with Crippen LogP contribution in [0.25, 0.3) is 11.3 Å². The number of aromatic nitrogens is 3. The van der Waals surface area contributed by atoms with Crippen LogP contribution >= 0.6 is 11.6 Å². The summed E-state index contributed by atoms with van der Waals surface area (Å²) in [5.74, 6) is -1.08. The molecule has 0 amide bonds. The van der Waals surface area contributed by atoms with Crippen molar-refractivity contribution in [1.29, 1.82) is 0 Å². The Bertz CT molecular complexity index is 610. The number of aromatic carboxylic acids is 1. The molecule has 0 aliphatic heterocycles. The van der Waals surface area contributed by atoms with E-state index in [2.05, 4.69) is 17.2 Å². The van der Waals surface area contributed by atoms with E-state index in [1.54, 1.807) is 22.9 Å². The molecule has 1 N–H and O–H groups in total. The summed E-state index contributed by atoms with van der Waals surface area (Å²) in [6.07, 6.45) is 3.09. The second-order valence-corrected chi connectivity index (χ2v) is 4.97. The molecular weight excluding hydrogens is 278 g/mol. The minimum atomic E-state index is -1.08. The van der Waals surface area contributed by atoms with E-state index in [1.807, 2.05) is 6.07 Å². The summed E-state index contributed by atoms with van der Waals surface area (Å²) in [5, 5.41) is 17.5. The van der Waals surface area contributed by atoms with Crippen molar-refractivity contribution in [2.45, 2.75) is 32.7 Å². The lowest BCUT2D eigenvalue weighted by Crippen LogP contribution is -2.05. The van der Waals surface area contributed by atoms with Gasteiger partial charge in [-0.05, 0) is 18.6 Å². The number of aryl methyl sites for hydroxylation is 1. The maximum atomic E-state index is 11.3. The summed E-state index contributed by atoms with van der Waals surface area (Å²) in [5.41, 5.74) is 1.19. The molecule has 0 atom stereocenters. The molecule has 0 aliphatic carbocycles. The Kier molecular flexibility index (Phi) is 4.74. The average molecular weight is 294 g/mol. The molecule has 5 nitrogen and oxygen atoms in total. The number of benzene rings is 1. The second-order valence-electron chi connectivity index (χ2n) is 4.53. The molecule has 2 aromatic rings. The zero-order valence-electron chi connectivity index (χ0n) is 11.2. The van der Waals surface area contributed by atoms with Crippen molar-refractivity contribution >= 4 is 17.6 Å². The molecule has 0 saturated carbocycles. The largest absolute Gasteiger partial charge is 0.476 e. The normalized spacial score (nSPS) is 10.7. The zero-order valence-corrected chi connectivity index (χ0v) is 12.0. The van der Waals surface area contributed by atoms with Crippen LogP contribution in [-0.2, 0) is 6.54 Å². The number of unbranched alkanes of at least 4 members (excludes halogenated alkanes) is 2. The van der Waals surface area contributed by atoms with Crippen molar-refractivity contribution in [2.75, 3.05) is 0 Å². The van der Waals surface area contributed by atoms with Crippen LogP contribution in [0.5, 0.6) is 0 Å². The zero-order chi connectivity index (χ0) is 14.5. The van der Waals surface area contributed by atoms with Gasteiger partial charge in [0, 0.05) is 17.1 Å². The lowest BCUT2D eigenvalue weighted by molar-refractivity contribution is 0.0691. The Hall–Kier alpha value is -1.88. The fraction of sp³-hybridized carbons (Fsp3) is 0.357. The predicted octanol–water partition coefficient (Wildman–Crippen LogP) is 3.49. The molecule has 0 spiro atoms. The molecule has 0 fully saturated rings. The highest BCUT2D eigenvalue weighted by molar-refractivity contribution is 6.30. The number of halogens is 1. The van der Waals surface area contributed by atoms with Crippen molar-refractivity contribution in [3.63, 3.8) is 0 Å². The Balaban J connectivity index is 2.41. The molecule has 0 unspecified atom stereocenters. The molecule has 0 bridgehead atoms. The fourth-order valence-corrected chi connectivity index (χ4v) is 2.24. The summed E-state index contributed by atoms with van der Waals surface area (Å²) in [6, 6.07) is 7.07. The van der Waals surface area contributed by atoms with Gasteiger partial charge in [-0.3, -0.25) is 0 Å². The minimum absolute atomic E-state index is 0.0382. The predicted molar refractivity (Wildman–Crippen MR) is 77.0 cm³/mol. The highest BCUT2D eigenvalue weighted by atomic mass is 35.5. The molecular formula is C14H16ClN3O2. The smallest absolute Gasteiger partial charge is 0.358 e. The Morgan fingerprint density at radius 1 is 1.40 bits per heavy atom. The van der Waals surface area contributed by atoms with Gasteiger partial charge in [0.2, 0.25) is 0 Å². The SMILES string of the molecule is CCCCCn1nnc(C(=O)O)c1-c1cccc(Cl)c1. The monoisotopic (exact) mass is 293 g/mol. The van der Waals surface area contributed by atoms with Crippen LogP contribution in [0.1, 0.15) is 36.7 Å². The van der Waals surface area contributed by atoms with E-state index in [1.165, 1.54) is 0 Å². The van der Waals surface area contributed by atoms with Crippen LogP contribution in [0.4, 0.5) is 0 Å². The van der Waals surface area contributed by atoms with Gasteiger partial charge < -0.3 is 5.11 Å². The van der Waals surface area contributed by atoms with E-state index >= 15 is 0 Å². The third kappa shape index (κ3) is 3.17. The number of hydrogen-bond donors (Lipinski definition) is 1. The van der Waals surface area contributed by atoms with Gasteiger partial charge in [0.1, 0.15) is 5.69 Å². The van der Waals surface area contributed by atoms with E-state index in [9.17, 15) is 9.90 Å². The van der Waals surface area contributed by atoms with Crippen LogP contribution in [-0.4, -0.2) is 26.1 Å². The second kappa shape index (κ2) is 6.52. The molecule has 0 aliphatic rings. The van der Waals surface area contributed by atoms with E-state index in [0.29, 0.717) is 17.3 Å². The van der Waals surface area contributed by atoms with Crippen molar-refractivity contribution in [2.24, 2.45) is 0 Å². The average Bonchev–Trinajstić information content (AvgIpc) is 2.83. The van der Waals surface area contributed by atoms with E-state index in [4.69, 9.17) is 11.6 Å². The first-order valence-electron chi connectivity index (χ1n) is 6.56. The number of nitrogens with zero attached hydrogens (tertiary/aromatic N) is 3. The quantitative estimate of drug-likeness (QED) is 0.828. The minimum Gasteiger partial charge on any atom is -0.476 e. The fourth-order valence-electron chi connectivity index (χ4n) is 2.05. The number of hydrogen-bond acceptors (Lipinski definition) is 3. The summed E-state index contributed by atoms with van der Waals surface area (Å²) in [4.78, 5) is 11.3. The van der Waals surface area contributed by atoms with Crippen LogP contribution in [0, 0.1) is 0 Å². The van der Waals surface area contributed by atoms with Crippen molar-refractivity contribution in [1.82, 2.24) is 15.0 Å². The maximum Gasteiger partial charge on any atom is 0.358 e. The first-order valence-corrected chi connectivity index (χ1v) is 6.94. The Morgan fingerprint density at radius 2 is 2.20 bits per heavy atom. The molecule has 6 heteroatoms. The van der Waals surface area contributed by atoms with Crippen molar-refractivity contribution in [3.8, 4) is 11.3 Å². The lowest BCUT2D eigenvalue weighted by Gasteiger charge is -2.07. The first kappa shape index (κ1) is 14.5. The summed E-state index contributed by atoms with van der Waals surface area (Å²) in [7, 11) is 0. The third-order valence-electron chi connectivity index (χ3n) is 3.01. The first-order chi connectivity index (χ1) is 9.63. The number of rotatable bonds is 6. The van der Waals surface area contributed by atoms with Gasteiger partial charge in [-0.15, -0.1) is 5.10 Å². The molecule has 1 aromatic heterocycles.